The molecule has 1 aromatic rings. The van der Waals surface area contributed by atoms with Crippen molar-refractivity contribution in [1.29, 1.82) is 0 Å². The number of benzene rings is 1. The van der Waals surface area contributed by atoms with Gasteiger partial charge in [0.1, 0.15) is 6.04 Å². The van der Waals surface area contributed by atoms with Crippen LogP contribution in [0.3, 0.4) is 0 Å². The van der Waals surface area contributed by atoms with Gasteiger partial charge in [-0.2, -0.15) is 0 Å². The van der Waals surface area contributed by atoms with Gasteiger partial charge in [-0.1, -0.05) is 12.1 Å². The fraction of sp³-hybridized carbons (Fsp3) is 0.222. The molecule has 0 saturated carbocycles. The van der Waals surface area contributed by atoms with Crippen molar-refractivity contribution in [3.63, 3.8) is 0 Å². The number of hydrogen-bond donors (Lipinski definition) is 3. The highest BCUT2D eigenvalue weighted by Crippen LogP contribution is 2.08. The Kier molecular flexibility index (Phi) is 3.96. The van der Waals surface area contributed by atoms with Crippen LogP contribution >= 0.6 is 0 Å². The maximum atomic E-state index is 10.6. The summed E-state index contributed by atoms with van der Waals surface area (Å²) in [5.74, 6) is -1.06. The molecule has 5 nitrogen and oxygen atoms in total. The van der Waals surface area contributed by atoms with E-state index in [-0.39, 0.29) is 11.3 Å². The predicted molar refractivity (Wildman–Crippen MR) is 54.8 cm³/mol. The standard InChI is InChI=1S/C9H11NO4S/c10-8(9(11)12)5-6-1-3-7(4-2-6)15(13)14/h1-4,8H,5,10H2,(H,11,12)(H,13,14). The lowest BCUT2D eigenvalue weighted by Gasteiger charge is -2.06. The second kappa shape index (κ2) is 5.01. The molecular weight excluding hydrogens is 218 g/mol. The minimum absolute atomic E-state index is 0.202. The number of rotatable bonds is 4. The van der Waals surface area contributed by atoms with E-state index in [1.165, 1.54) is 12.1 Å². The lowest BCUT2D eigenvalue weighted by atomic mass is 10.1. The molecule has 0 aliphatic rings. The second-order valence-electron chi connectivity index (χ2n) is 3.04. The van der Waals surface area contributed by atoms with Crippen molar-refractivity contribution in [2.24, 2.45) is 5.73 Å². The molecule has 1 aromatic carbocycles. The number of carbonyl (C=O) groups is 1. The smallest absolute Gasteiger partial charge is 0.320 e. The first-order valence-corrected chi connectivity index (χ1v) is 5.29. The summed E-state index contributed by atoms with van der Waals surface area (Å²) < 4.78 is 19.4. The van der Waals surface area contributed by atoms with E-state index in [1.54, 1.807) is 12.1 Å². The zero-order chi connectivity index (χ0) is 11.4. The van der Waals surface area contributed by atoms with Crippen LogP contribution in [0.2, 0.25) is 0 Å². The van der Waals surface area contributed by atoms with Crippen molar-refractivity contribution in [3.05, 3.63) is 29.8 Å². The Hall–Kier alpha value is -1.24. The molecule has 0 spiro atoms. The van der Waals surface area contributed by atoms with E-state index in [0.29, 0.717) is 0 Å². The van der Waals surface area contributed by atoms with Crippen LogP contribution in [0, 0.1) is 0 Å². The van der Waals surface area contributed by atoms with Gasteiger partial charge in [0.05, 0.1) is 4.90 Å². The molecule has 2 unspecified atom stereocenters. The lowest BCUT2D eigenvalue weighted by molar-refractivity contribution is -0.138. The van der Waals surface area contributed by atoms with Crippen LogP contribution < -0.4 is 5.73 Å². The van der Waals surface area contributed by atoms with Crippen molar-refractivity contribution < 1.29 is 18.7 Å². The summed E-state index contributed by atoms with van der Waals surface area (Å²) in [7, 11) is 0. The summed E-state index contributed by atoms with van der Waals surface area (Å²) in [5, 5.41) is 8.57. The Morgan fingerprint density at radius 1 is 1.40 bits per heavy atom. The highest BCUT2D eigenvalue weighted by Gasteiger charge is 2.11. The SMILES string of the molecule is NC(Cc1ccc(S(=O)O)cc1)C(=O)O. The number of aliphatic carboxylic acids is 1. The van der Waals surface area contributed by atoms with E-state index in [2.05, 4.69) is 0 Å². The van der Waals surface area contributed by atoms with Crippen LogP contribution in [-0.4, -0.2) is 25.9 Å². The molecule has 0 radical (unpaired) electrons. The molecule has 4 N–H and O–H groups in total. The summed E-state index contributed by atoms with van der Waals surface area (Å²) in [4.78, 5) is 10.7. The van der Waals surface area contributed by atoms with Crippen LogP contribution in [0.25, 0.3) is 0 Å². The monoisotopic (exact) mass is 229 g/mol. The summed E-state index contributed by atoms with van der Waals surface area (Å²) in [6, 6.07) is 5.17. The highest BCUT2D eigenvalue weighted by molar-refractivity contribution is 7.79. The lowest BCUT2D eigenvalue weighted by Crippen LogP contribution is -2.32. The van der Waals surface area contributed by atoms with E-state index in [0.717, 1.165) is 5.56 Å². The van der Waals surface area contributed by atoms with Crippen molar-refractivity contribution in [2.75, 3.05) is 0 Å². The van der Waals surface area contributed by atoms with E-state index in [4.69, 9.17) is 15.4 Å². The van der Waals surface area contributed by atoms with E-state index in [9.17, 15) is 9.00 Å². The van der Waals surface area contributed by atoms with Crippen molar-refractivity contribution in [3.8, 4) is 0 Å². The minimum Gasteiger partial charge on any atom is -0.480 e. The first kappa shape index (κ1) is 11.8. The molecule has 0 fully saturated rings. The number of nitrogens with two attached hydrogens (primary N) is 1. The van der Waals surface area contributed by atoms with Crippen LogP contribution in [0.15, 0.2) is 29.2 Å². The van der Waals surface area contributed by atoms with Crippen molar-refractivity contribution >= 4 is 17.0 Å². The quantitative estimate of drug-likeness (QED) is 0.641. The first-order valence-electron chi connectivity index (χ1n) is 4.19. The largest absolute Gasteiger partial charge is 0.480 e. The topological polar surface area (TPSA) is 101 Å². The number of carboxylic acid groups (broad SMARTS) is 1. The summed E-state index contributed by atoms with van der Waals surface area (Å²) >= 11 is -2.01. The molecule has 0 amide bonds. The molecule has 15 heavy (non-hydrogen) atoms. The van der Waals surface area contributed by atoms with Gasteiger partial charge < -0.3 is 15.4 Å². The highest BCUT2D eigenvalue weighted by atomic mass is 32.2. The van der Waals surface area contributed by atoms with Crippen LogP contribution in [0.5, 0.6) is 0 Å². The Balaban J connectivity index is 2.72. The minimum atomic E-state index is -2.01. The zero-order valence-corrected chi connectivity index (χ0v) is 8.61. The summed E-state index contributed by atoms with van der Waals surface area (Å²) in [6.45, 7) is 0. The molecule has 82 valence electrons. The zero-order valence-electron chi connectivity index (χ0n) is 7.79. The van der Waals surface area contributed by atoms with E-state index < -0.39 is 23.1 Å². The first-order chi connectivity index (χ1) is 7.00. The molecule has 6 heteroatoms. The Morgan fingerprint density at radius 3 is 2.33 bits per heavy atom. The maximum absolute atomic E-state index is 10.6. The van der Waals surface area contributed by atoms with E-state index >= 15 is 0 Å². The Morgan fingerprint density at radius 2 is 1.93 bits per heavy atom. The summed E-state index contributed by atoms with van der Waals surface area (Å²) in [6.07, 6.45) is 0.202. The maximum Gasteiger partial charge on any atom is 0.320 e. The second-order valence-corrected chi connectivity index (χ2v) is 4.01. The Labute approximate surface area is 89.2 Å². The van der Waals surface area contributed by atoms with Gasteiger partial charge in [0.15, 0.2) is 11.1 Å². The molecule has 0 aliphatic heterocycles. The number of hydrogen-bond acceptors (Lipinski definition) is 3. The van der Waals surface area contributed by atoms with E-state index in [1.807, 2.05) is 0 Å². The molecule has 0 heterocycles. The number of carboxylic acids is 1. The summed E-state index contributed by atoms with van der Waals surface area (Å²) in [5.41, 5.74) is 6.06. The molecule has 1 rings (SSSR count). The van der Waals surface area contributed by atoms with Gasteiger partial charge in [0, 0.05) is 0 Å². The van der Waals surface area contributed by atoms with Crippen LogP contribution in [0.4, 0.5) is 0 Å². The molecular formula is C9H11NO4S. The Bertz CT molecular complexity index is 376. The third-order valence-corrected chi connectivity index (χ3v) is 2.57. The van der Waals surface area contributed by atoms with Gasteiger partial charge in [-0.15, -0.1) is 0 Å². The van der Waals surface area contributed by atoms with Crippen LogP contribution in [0.1, 0.15) is 5.56 Å². The van der Waals surface area contributed by atoms with Gasteiger partial charge in [-0.05, 0) is 24.1 Å². The molecule has 0 saturated heterocycles. The molecule has 2 atom stereocenters. The average molecular weight is 229 g/mol. The fourth-order valence-corrected chi connectivity index (χ4v) is 1.45. The third-order valence-electron chi connectivity index (χ3n) is 1.90. The van der Waals surface area contributed by atoms with Crippen LogP contribution in [-0.2, 0) is 22.3 Å². The van der Waals surface area contributed by atoms with Gasteiger partial charge in [0.25, 0.3) is 0 Å². The van der Waals surface area contributed by atoms with Gasteiger partial charge in [-0.3, -0.25) is 4.79 Å². The molecule has 0 aliphatic carbocycles. The third kappa shape index (κ3) is 3.43. The molecule has 0 aromatic heterocycles. The predicted octanol–water partition coefficient (Wildman–Crippen LogP) is 0.222. The van der Waals surface area contributed by atoms with Gasteiger partial charge >= 0.3 is 5.97 Å². The van der Waals surface area contributed by atoms with Crippen molar-refractivity contribution in [1.82, 2.24) is 0 Å². The molecule has 0 bridgehead atoms. The average Bonchev–Trinajstić information content (AvgIpc) is 2.18. The van der Waals surface area contributed by atoms with Crippen molar-refractivity contribution in [2.45, 2.75) is 17.4 Å². The van der Waals surface area contributed by atoms with Gasteiger partial charge in [0.2, 0.25) is 0 Å². The fourth-order valence-electron chi connectivity index (χ4n) is 1.08. The normalized spacial score (nSPS) is 14.5. The van der Waals surface area contributed by atoms with Gasteiger partial charge in [-0.25, -0.2) is 4.21 Å².